The van der Waals surface area contributed by atoms with Crippen LogP contribution in [0.4, 0.5) is 5.82 Å². The summed E-state index contributed by atoms with van der Waals surface area (Å²) in [7, 11) is -4.35. The van der Waals surface area contributed by atoms with Crippen LogP contribution in [0.5, 0.6) is 0 Å². The molecule has 2 aliphatic rings. The number of esters is 1. The number of carbonyl (C=O) groups is 1. The largest absolute Gasteiger partial charge is 0.462 e. The number of aromatic nitrogens is 3. The highest BCUT2D eigenvalue weighted by Gasteiger charge is 2.65. The van der Waals surface area contributed by atoms with E-state index in [1.807, 2.05) is 6.07 Å². The second-order valence-electron chi connectivity index (χ2n) is 10.1. The molecule has 0 amide bonds. The number of fused-ring (bicyclic) bond motifs is 1. The first-order valence-electron chi connectivity index (χ1n) is 12.8. The standard InChI is InChI=1S/C25H32ClN6O8P/c1-14(2)38-23(34)15(3)31-41(36,40-17-7-5-16(26)6-8-17)37-11-19-21(33)24(4,35)25(12-27,39-19)20-10-9-18-22(28)29-13-30-32(18)20/h5,7-10,13-16,19,21,33,35H,6,11H2,1-4H3,(H,31,36)(H2,28,29,30)/t15-,16?,19+,21+,24+,25-,41?/m0/s1. The van der Waals surface area contributed by atoms with Gasteiger partial charge in [-0.05, 0) is 58.4 Å². The third-order valence-electron chi connectivity index (χ3n) is 6.67. The Morgan fingerprint density at radius 1 is 1.44 bits per heavy atom. The Morgan fingerprint density at radius 2 is 2.17 bits per heavy atom. The van der Waals surface area contributed by atoms with Crippen LogP contribution in [0, 0.1) is 11.3 Å². The zero-order chi connectivity index (χ0) is 30.2. The number of nitrogens with zero attached hydrogens (tertiary/aromatic N) is 4. The molecule has 1 aliphatic carbocycles. The summed E-state index contributed by atoms with van der Waals surface area (Å²) in [4.78, 5) is 16.3. The van der Waals surface area contributed by atoms with Crippen LogP contribution in [0.1, 0.15) is 39.8 Å². The Balaban J connectivity index is 1.60. The van der Waals surface area contributed by atoms with Crippen molar-refractivity contribution in [2.75, 3.05) is 12.3 Å². The van der Waals surface area contributed by atoms with Crippen LogP contribution in [-0.2, 0) is 33.5 Å². The van der Waals surface area contributed by atoms with E-state index in [9.17, 15) is 24.8 Å². The van der Waals surface area contributed by atoms with Gasteiger partial charge in [-0.25, -0.2) is 14.1 Å². The van der Waals surface area contributed by atoms with Crippen LogP contribution in [-0.4, -0.2) is 72.7 Å². The van der Waals surface area contributed by atoms with Gasteiger partial charge in [0.2, 0.25) is 5.60 Å². The lowest BCUT2D eigenvalue weighted by molar-refractivity contribution is -0.149. The van der Waals surface area contributed by atoms with Crippen LogP contribution in [0.15, 0.2) is 42.4 Å². The van der Waals surface area contributed by atoms with Crippen molar-refractivity contribution in [1.82, 2.24) is 19.7 Å². The molecule has 0 bridgehead atoms. The molecule has 0 saturated carbocycles. The van der Waals surface area contributed by atoms with Crippen molar-refractivity contribution >= 4 is 36.7 Å². The van der Waals surface area contributed by atoms with E-state index >= 15 is 0 Å². The number of alkyl halides is 1. The van der Waals surface area contributed by atoms with Crippen molar-refractivity contribution in [3.63, 3.8) is 0 Å². The van der Waals surface area contributed by atoms with Crippen LogP contribution in [0.25, 0.3) is 5.52 Å². The first kappa shape index (κ1) is 30.9. The van der Waals surface area contributed by atoms with Gasteiger partial charge in [-0.3, -0.25) is 9.32 Å². The molecule has 7 atom stereocenters. The molecule has 1 saturated heterocycles. The number of carbonyl (C=O) groups excluding carboxylic acids is 1. The highest BCUT2D eigenvalue weighted by atomic mass is 35.5. The van der Waals surface area contributed by atoms with E-state index in [1.54, 1.807) is 32.1 Å². The molecule has 3 heterocycles. The van der Waals surface area contributed by atoms with Gasteiger partial charge in [0, 0.05) is 0 Å². The van der Waals surface area contributed by atoms with Crippen LogP contribution in [0.3, 0.4) is 0 Å². The lowest BCUT2D eigenvalue weighted by Gasteiger charge is -2.33. The number of hydrogen-bond donors (Lipinski definition) is 4. The Labute approximate surface area is 241 Å². The number of rotatable bonds is 10. The van der Waals surface area contributed by atoms with Crippen LogP contribution >= 0.6 is 19.3 Å². The summed E-state index contributed by atoms with van der Waals surface area (Å²) >= 11 is 6.07. The van der Waals surface area contributed by atoms with Gasteiger partial charge in [0.15, 0.2) is 5.82 Å². The molecule has 16 heteroatoms. The molecule has 41 heavy (non-hydrogen) atoms. The van der Waals surface area contributed by atoms with Gasteiger partial charge < -0.3 is 29.9 Å². The number of allylic oxidation sites excluding steroid dienone is 3. The molecule has 1 fully saturated rings. The predicted molar refractivity (Wildman–Crippen MR) is 146 cm³/mol. The number of nitrogens with two attached hydrogens (primary N) is 1. The maximum Gasteiger partial charge on any atom is 0.459 e. The van der Waals surface area contributed by atoms with Gasteiger partial charge in [-0.2, -0.15) is 15.4 Å². The summed E-state index contributed by atoms with van der Waals surface area (Å²) in [5, 5.41) is 39.1. The Kier molecular flexibility index (Phi) is 8.82. The minimum Gasteiger partial charge on any atom is -0.462 e. The van der Waals surface area contributed by atoms with Gasteiger partial charge in [0.05, 0.1) is 23.8 Å². The molecule has 2 unspecified atom stereocenters. The summed E-state index contributed by atoms with van der Waals surface area (Å²) in [6, 6.07) is 3.85. The normalized spacial score (nSPS) is 30.0. The van der Waals surface area contributed by atoms with Crippen molar-refractivity contribution in [2.45, 2.75) is 75.0 Å². The van der Waals surface area contributed by atoms with E-state index in [-0.39, 0.29) is 22.6 Å². The van der Waals surface area contributed by atoms with Crippen molar-refractivity contribution in [2.24, 2.45) is 0 Å². The zero-order valence-corrected chi connectivity index (χ0v) is 24.5. The molecule has 2 aromatic heterocycles. The lowest BCUT2D eigenvalue weighted by atomic mass is 9.80. The Morgan fingerprint density at radius 3 is 2.80 bits per heavy atom. The third kappa shape index (κ3) is 5.98. The highest BCUT2D eigenvalue weighted by molar-refractivity contribution is 7.51. The van der Waals surface area contributed by atoms with Gasteiger partial charge in [-0.15, -0.1) is 11.6 Å². The van der Waals surface area contributed by atoms with E-state index in [1.165, 1.54) is 36.8 Å². The van der Waals surface area contributed by atoms with Gasteiger partial charge in [-0.1, -0.05) is 6.08 Å². The van der Waals surface area contributed by atoms with Crippen molar-refractivity contribution in [1.29, 1.82) is 5.26 Å². The highest BCUT2D eigenvalue weighted by Crippen LogP contribution is 2.51. The third-order valence-corrected chi connectivity index (χ3v) is 8.64. The first-order chi connectivity index (χ1) is 19.2. The smallest absolute Gasteiger partial charge is 0.459 e. The number of aliphatic hydroxyl groups excluding tert-OH is 1. The monoisotopic (exact) mass is 610 g/mol. The number of hydrogen-bond acceptors (Lipinski definition) is 12. The van der Waals surface area contributed by atoms with E-state index in [2.05, 4.69) is 15.2 Å². The molecular weight excluding hydrogens is 579 g/mol. The fourth-order valence-corrected chi connectivity index (χ4v) is 6.19. The Bertz CT molecular complexity index is 1460. The van der Waals surface area contributed by atoms with E-state index in [0.29, 0.717) is 11.9 Å². The fourth-order valence-electron chi connectivity index (χ4n) is 4.51. The molecule has 1 aliphatic heterocycles. The minimum atomic E-state index is -4.35. The minimum absolute atomic E-state index is 0.0754. The summed E-state index contributed by atoms with van der Waals surface area (Å²) in [6.07, 6.45) is 2.81. The molecule has 5 N–H and O–H groups in total. The topological polar surface area (TPSA) is 204 Å². The van der Waals surface area contributed by atoms with Gasteiger partial charge in [0.1, 0.15) is 47.5 Å². The number of halogens is 1. The average molecular weight is 611 g/mol. The fraction of sp³-hybridized carbons (Fsp3) is 0.520. The van der Waals surface area contributed by atoms with Crippen molar-refractivity contribution < 1.29 is 38.1 Å². The maximum atomic E-state index is 13.9. The first-order valence-corrected chi connectivity index (χ1v) is 14.7. The van der Waals surface area contributed by atoms with Gasteiger partial charge >= 0.3 is 13.7 Å². The number of aliphatic hydroxyl groups is 2. The summed E-state index contributed by atoms with van der Waals surface area (Å²) < 4.78 is 37.6. The summed E-state index contributed by atoms with van der Waals surface area (Å²) in [5.41, 5.74) is 2.00. The number of ether oxygens (including phenoxy) is 2. The van der Waals surface area contributed by atoms with Gasteiger partial charge in [0.25, 0.3) is 0 Å². The predicted octanol–water partition coefficient (Wildman–Crippen LogP) is 2.06. The average Bonchev–Trinajstić information content (AvgIpc) is 3.42. The molecule has 4 rings (SSSR count). The molecule has 0 aromatic carbocycles. The summed E-state index contributed by atoms with van der Waals surface area (Å²) in [6.45, 7) is 5.36. The van der Waals surface area contributed by atoms with E-state index < -0.39 is 55.9 Å². The molecular formula is C25H32ClN6O8P. The maximum absolute atomic E-state index is 13.9. The quantitative estimate of drug-likeness (QED) is 0.173. The number of nitrogen functional groups attached to an aromatic ring is 1. The number of nitriles is 1. The van der Waals surface area contributed by atoms with Crippen molar-refractivity contribution in [3.8, 4) is 6.07 Å². The lowest BCUT2D eigenvalue weighted by Crippen LogP contribution is -2.52. The van der Waals surface area contributed by atoms with E-state index in [0.717, 1.165) is 0 Å². The summed E-state index contributed by atoms with van der Waals surface area (Å²) in [5.74, 6) is -0.407. The SMILES string of the molecule is CC(C)OC(=O)[C@H](C)NP(=O)(OC[C@H]1O[C@@](C#N)(c2ccc3c(N)ncnn23)[C@](C)(O)[C@@H]1O)OC1=CCC(Cl)C=C1. The van der Waals surface area contributed by atoms with Crippen LogP contribution in [0.2, 0.25) is 0 Å². The second kappa shape index (κ2) is 11.7. The second-order valence-corrected chi connectivity index (χ2v) is 12.4. The van der Waals surface area contributed by atoms with Crippen LogP contribution < -0.4 is 10.8 Å². The molecule has 0 spiro atoms. The Hall–Kier alpha value is -3.02. The number of anilines is 1. The molecule has 0 radical (unpaired) electrons. The molecule has 14 nitrogen and oxygen atoms in total. The zero-order valence-electron chi connectivity index (χ0n) is 22.8. The molecule has 222 valence electrons. The number of nitrogens with one attached hydrogen (secondary N) is 1. The van der Waals surface area contributed by atoms with Crippen molar-refractivity contribution in [3.05, 3.63) is 48.1 Å². The van der Waals surface area contributed by atoms with E-state index in [4.69, 9.17) is 35.9 Å². The molecule has 2 aromatic rings.